The van der Waals surface area contributed by atoms with E-state index in [1.165, 1.54) is 0 Å². The van der Waals surface area contributed by atoms with E-state index in [1.807, 2.05) is 0 Å². The van der Waals surface area contributed by atoms with Crippen molar-refractivity contribution in [3.63, 3.8) is 0 Å². The van der Waals surface area contributed by atoms with E-state index >= 15 is 0 Å². The Hall–Kier alpha value is -0.350. The third kappa shape index (κ3) is 1.81. The summed E-state index contributed by atoms with van der Waals surface area (Å²) < 4.78 is 5.87. The molecule has 0 bridgehead atoms. The lowest BCUT2D eigenvalue weighted by Gasteiger charge is -2.05. The van der Waals surface area contributed by atoms with E-state index in [2.05, 4.69) is 28.6 Å². The van der Waals surface area contributed by atoms with Gasteiger partial charge in [-0.1, -0.05) is 0 Å². The summed E-state index contributed by atoms with van der Waals surface area (Å²) in [5.41, 5.74) is 6.22. The zero-order valence-corrected chi connectivity index (χ0v) is 8.45. The maximum Gasteiger partial charge on any atom is 0.134 e. The largest absolute Gasteiger partial charge is 0.496 e. The molecule has 1 aromatic carbocycles. The summed E-state index contributed by atoms with van der Waals surface area (Å²) in [6.07, 6.45) is 0. The third-order valence-corrected chi connectivity index (χ3v) is 2.31. The molecule has 2 N–H and O–H groups in total. The van der Waals surface area contributed by atoms with E-state index < -0.39 is 0 Å². The van der Waals surface area contributed by atoms with E-state index in [1.54, 1.807) is 19.2 Å². The highest BCUT2D eigenvalue weighted by molar-refractivity contribution is 9.10. The third-order valence-electron chi connectivity index (χ3n) is 1.30. The summed E-state index contributed by atoms with van der Waals surface area (Å²) in [6.45, 7) is 0. The standard InChI is InChI=1S/C7H8BrNOS/c1-10-6-3-7(11)5(9)2-4(6)8/h2-3,11H,9H2,1H3. The summed E-state index contributed by atoms with van der Waals surface area (Å²) >= 11 is 7.45. The molecule has 0 atom stereocenters. The Kier molecular flexibility index (Phi) is 2.67. The van der Waals surface area contributed by atoms with Gasteiger partial charge in [-0.2, -0.15) is 0 Å². The molecule has 0 heterocycles. The molecule has 1 rings (SSSR count). The Morgan fingerprint density at radius 2 is 2.18 bits per heavy atom. The second-order valence-electron chi connectivity index (χ2n) is 2.05. The monoisotopic (exact) mass is 233 g/mol. The van der Waals surface area contributed by atoms with Gasteiger partial charge in [0.1, 0.15) is 5.75 Å². The molecule has 11 heavy (non-hydrogen) atoms. The van der Waals surface area contributed by atoms with Gasteiger partial charge in [-0.3, -0.25) is 0 Å². The lowest BCUT2D eigenvalue weighted by atomic mass is 10.3. The summed E-state index contributed by atoms with van der Waals surface area (Å²) in [5.74, 6) is 0.740. The maximum absolute atomic E-state index is 5.58. The molecular weight excluding hydrogens is 226 g/mol. The molecule has 0 aromatic heterocycles. The molecule has 0 aliphatic carbocycles. The fourth-order valence-electron chi connectivity index (χ4n) is 0.714. The Morgan fingerprint density at radius 3 is 2.73 bits per heavy atom. The smallest absolute Gasteiger partial charge is 0.134 e. The average molecular weight is 234 g/mol. The van der Waals surface area contributed by atoms with Crippen LogP contribution in [0.2, 0.25) is 0 Å². The number of anilines is 1. The topological polar surface area (TPSA) is 35.2 Å². The Balaban J connectivity index is 3.21. The van der Waals surface area contributed by atoms with Crippen LogP contribution in [0, 0.1) is 0 Å². The van der Waals surface area contributed by atoms with Gasteiger partial charge in [0.25, 0.3) is 0 Å². The van der Waals surface area contributed by atoms with Crippen molar-refractivity contribution in [2.45, 2.75) is 4.90 Å². The van der Waals surface area contributed by atoms with Gasteiger partial charge in [0.2, 0.25) is 0 Å². The normalized spacial score (nSPS) is 9.73. The lowest BCUT2D eigenvalue weighted by Crippen LogP contribution is -1.90. The molecule has 0 fully saturated rings. The number of nitrogens with two attached hydrogens (primary N) is 1. The summed E-state index contributed by atoms with van der Waals surface area (Å²) in [7, 11) is 1.60. The van der Waals surface area contributed by atoms with Crippen LogP contribution in [0.4, 0.5) is 5.69 Å². The van der Waals surface area contributed by atoms with Crippen molar-refractivity contribution in [3.05, 3.63) is 16.6 Å². The van der Waals surface area contributed by atoms with Crippen LogP contribution in [-0.2, 0) is 0 Å². The van der Waals surface area contributed by atoms with Gasteiger partial charge in [0.05, 0.1) is 11.6 Å². The second-order valence-corrected chi connectivity index (χ2v) is 3.38. The van der Waals surface area contributed by atoms with Crippen molar-refractivity contribution in [1.29, 1.82) is 0 Å². The highest BCUT2D eigenvalue weighted by Crippen LogP contribution is 2.31. The van der Waals surface area contributed by atoms with E-state index in [4.69, 9.17) is 10.5 Å². The Labute approximate surface area is 79.3 Å². The maximum atomic E-state index is 5.58. The second kappa shape index (κ2) is 3.36. The fourth-order valence-corrected chi connectivity index (χ4v) is 1.42. The van der Waals surface area contributed by atoms with Gasteiger partial charge >= 0.3 is 0 Å². The molecule has 0 amide bonds. The molecule has 60 valence electrons. The predicted octanol–water partition coefficient (Wildman–Crippen LogP) is 2.33. The van der Waals surface area contributed by atoms with Crippen LogP contribution in [-0.4, -0.2) is 7.11 Å². The van der Waals surface area contributed by atoms with Crippen molar-refractivity contribution in [2.75, 3.05) is 12.8 Å². The molecule has 4 heteroatoms. The predicted molar refractivity (Wildman–Crippen MR) is 52.4 cm³/mol. The number of nitrogen functional groups attached to an aromatic ring is 1. The summed E-state index contributed by atoms with van der Waals surface area (Å²) in [6, 6.07) is 3.53. The number of hydrogen-bond acceptors (Lipinski definition) is 3. The number of methoxy groups -OCH3 is 1. The Bertz CT molecular complexity index is 277. The lowest BCUT2D eigenvalue weighted by molar-refractivity contribution is 0.411. The highest BCUT2D eigenvalue weighted by atomic mass is 79.9. The fraction of sp³-hybridized carbons (Fsp3) is 0.143. The van der Waals surface area contributed by atoms with Gasteiger partial charge in [0, 0.05) is 10.6 Å². The molecule has 0 radical (unpaired) electrons. The molecule has 0 aliphatic rings. The number of ether oxygens (including phenoxy) is 1. The van der Waals surface area contributed by atoms with Crippen LogP contribution >= 0.6 is 28.6 Å². The first kappa shape index (κ1) is 8.74. The van der Waals surface area contributed by atoms with E-state index in [-0.39, 0.29) is 0 Å². The number of thiol groups is 1. The molecule has 0 aliphatic heterocycles. The van der Waals surface area contributed by atoms with Gasteiger partial charge < -0.3 is 10.5 Å². The SMILES string of the molecule is COc1cc(S)c(N)cc1Br. The van der Waals surface area contributed by atoms with Crippen molar-refractivity contribution in [3.8, 4) is 5.75 Å². The van der Waals surface area contributed by atoms with Gasteiger partial charge in [-0.15, -0.1) is 12.6 Å². The summed E-state index contributed by atoms with van der Waals surface area (Å²) in [5, 5.41) is 0. The minimum absolute atomic E-state index is 0.640. The first-order chi connectivity index (χ1) is 5.15. The van der Waals surface area contributed by atoms with Gasteiger partial charge in [0.15, 0.2) is 0 Å². The molecular formula is C7H8BrNOS. The minimum Gasteiger partial charge on any atom is -0.496 e. The van der Waals surface area contributed by atoms with Crippen LogP contribution in [0.5, 0.6) is 5.75 Å². The van der Waals surface area contributed by atoms with Crippen molar-refractivity contribution in [1.82, 2.24) is 0 Å². The molecule has 0 saturated heterocycles. The van der Waals surface area contributed by atoms with E-state index in [0.29, 0.717) is 5.69 Å². The molecule has 0 spiro atoms. The zero-order chi connectivity index (χ0) is 8.43. The van der Waals surface area contributed by atoms with Crippen LogP contribution in [0.15, 0.2) is 21.5 Å². The molecule has 0 unspecified atom stereocenters. The molecule has 2 nitrogen and oxygen atoms in total. The first-order valence-electron chi connectivity index (χ1n) is 2.97. The van der Waals surface area contributed by atoms with Crippen LogP contribution < -0.4 is 10.5 Å². The Morgan fingerprint density at radius 1 is 1.55 bits per heavy atom. The van der Waals surface area contributed by atoms with Crippen molar-refractivity contribution >= 4 is 34.2 Å². The number of hydrogen-bond donors (Lipinski definition) is 2. The quantitative estimate of drug-likeness (QED) is 0.577. The van der Waals surface area contributed by atoms with E-state index in [9.17, 15) is 0 Å². The van der Waals surface area contributed by atoms with E-state index in [0.717, 1.165) is 15.1 Å². The van der Waals surface area contributed by atoms with Gasteiger partial charge in [-0.25, -0.2) is 0 Å². The average Bonchev–Trinajstić information content (AvgIpc) is 1.97. The summed E-state index contributed by atoms with van der Waals surface area (Å²) in [4.78, 5) is 0.727. The van der Waals surface area contributed by atoms with Crippen LogP contribution in [0.25, 0.3) is 0 Å². The number of benzene rings is 1. The van der Waals surface area contributed by atoms with Crippen LogP contribution in [0.1, 0.15) is 0 Å². The minimum atomic E-state index is 0.640. The van der Waals surface area contributed by atoms with Crippen molar-refractivity contribution in [2.24, 2.45) is 0 Å². The highest BCUT2D eigenvalue weighted by Gasteiger charge is 2.02. The molecule has 0 saturated carbocycles. The van der Waals surface area contributed by atoms with Gasteiger partial charge in [-0.05, 0) is 28.1 Å². The zero-order valence-electron chi connectivity index (χ0n) is 5.97. The number of rotatable bonds is 1. The van der Waals surface area contributed by atoms with Crippen molar-refractivity contribution < 1.29 is 4.74 Å². The first-order valence-corrected chi connectivity index (χ1v) is 4.21. The molecule has 1 aromatic rings. The van der Waals surface area contributed by atoms with Crippen LogP contribution in [0.3, 0.4) is 0 Å². The number of halogens is 1.